The van der Waals surface area contributed by atoms with Gasteiger partial charge in [-0.05, 0) is 24.8 Å². The fraction of sp³-hybridized carbons (Fsp3) is 0.286. The summed E-state index contributed by atoms with van der Waals surface area (Å²) in [5.74, 6) is -0.740. The molecule has 0 aliphatic rings. The zero-order valence-corrected chi connectivity index (χ0v) is 13.6. The number of carbonyl (C=O) groups excluding carboxylic acids is 1. The Morgan fingerprint density at radius 1 is 1.28 bits per heavy atom. The largest absolute Gasteiger partial charge is 0.494 e. The highest BCUT2D eigenvalue weighted by Crippen LogP contribution is 2.29. The molecule has 1 aromatic carbocycles. The standard InChI is InChI=1S/C14H15N5O6/c1-8-6-13(19(23)24)16-17(8)9(2)14(20)15-11-5-4-10(18(21)22)7-12(11)25-3/h4-7,9H,1-3H3,(H,15,20). The smallest absolute Gasteiger partial charge is 0.390 e. The molecule has 25 heavy (non-hydrogen) atoms. The van der Waals surface area contributed by atoms with Crippen LogP contribution in [-0.4, -0.2) is 32.6 Å². The maximum Gasteiger partial charge on any atom is 0.390 e. The Labute approximate surface area is 141 Å². The fourth-order valence-electron chi connectivity index (χ4n) is 2.20. The molecule has 11 nitrogen and oxygen atoms in total. The van der Waals surface area contributed by atoms with Crippen molar-refractivity contribution in [3.8, 4) is 5.75 Å². The lowest BCUT2D eigenvalue weighted by molar-refractivity contribution is -0.389. The lowest BCUT2D eigenvalue weighted by Gasteiger charge is -2.13. The minimum Gasteiger partial charge on any atom is -0.494 e. The number of aromatic nitrogens is 2. The van der Waals surface area contributed by atoms with Gasteiger partial charge in [-0.15, -0.1) is 0 Å². The van der Waals surface area contributed by atoms with Crippen molar-refractivity contribution >= 4 is 23.1 Å². The number of rotatable bonds is 6. The topological polar surface area (TPSA) is 142 Å². The Kier molecular flexibility index (Phi) is 4.96. The predicted octanol–water partition coefficient (Wildman–Crippen LogP) is 2.22. The first-order chi connectivity index (χ1) is 11.7. The zero-order chi connectivity index (χ0) is 18.7. The van der Waals surface area contributed by atoms with E-state index < -0.39 is 21.8 Å². The summed E-state index contributed by atoms with van der Waals surface area (Å²) in [4.78, 5) is 32.7. The summed E-state index contributed by atoms with van der Waals surface area (Å²) in [6, 6.07) is 4.18. The summed E-state index contributed by atoms with van der Waals surface area (Å²) in [6.07, 6.45) is 0. The van der Waals surface area contributed by atoms with Crippen molar-refractivity contribution in [2.75, 3.05) is 12.4 Å². The van der Waals surface area contributed by atoms with Gasteiger partial charge in [0.25, 0.3) is 11.6 Å². The summed E-state index contributed by atoms with van der Waals surface area (Å²) in [5, 5.41) is 27.9. The second-order valence-corrected chi connectivity index (χ2v) is 5.15. The van der Waals surface area contributed by atoms with Crippen LogP contribution in [0.5, 0.6) is 5.75 Å². The van der Waals surface area contributed by atoms with E-state index in [4.69, 9.17) is 4.74 Å². The van der Waals surface area contributed by atoms with Gasteiger partial charge in [0.1, 0.15) is 11.8 Å². The average molecular weight is 349 g/mol. The molecule has 1 N–H and O–H groups in total. The summed E-state index contributed by atoms with van der Waals surface area (Å²) in [6.45, 7) is 3.12. The van der Waals surface area contributed by atoms with Crippen LogP contribution in [0.1, 0.15) is 18.7 Å². The third kappa shape index (κ3) is 3.71. The molecular formula is C14H15N5O6. The molecule has 0 aliphatic heterocycles. The SMILES string of the molecule is COc1cc([N+](=O)[O-])ccc1NC(=O)C(C)n1nc([N+](=O)[O-])cc1C. The second-order valence-electron chi connectivity index (χ2n) is 5.15. The van der Waals surface area contributed by atoms with Crippen molar-refractivity contribution in [2.45, 2.75) is 19.9 Å². The number of carbonyl (C=O) groups is 1. The van der Waals surface area contributed by atoms with Crippen molar-refractivity contribution in [1.82, 2.24) is 9.78 Å². The summed E-state index contributed by atoms with van der Waals surface area (Å²) >= 11 is 0. The normalized spacial score (nSPS) is 11.6. The summed E-state index contributed by atoms with van der Waals surface area (Å²) < 4.78 is 6.28. The van der Waals surface area contributed by atoms with Crippen LogP contribution < -0.4 is 10.1 Å². The summed E-state index contributed by atoms with van der Waals surface area (Å²) in [7, 11) is 1.32. The Hall–Kier alpha value is -3.50. The van der Waals surface area contributed by atoms with Gasteiger partial charge in [-0.25, -0.2) is 0 Å². The van der Waals surface area contributed by atoms with E-state index in [1.807, 2.05) is 0 Å². The fourth-order valence-corrected chi connectivity index (χ4v) is 2.20. The molecule has 0 radical (unpaired) electrons. The number of ether oxygens (including phenoxy) is 1. The monoisotopic (exact) mass is 349 g/mol. The predicted molar refractivity (Wildman–Crippen MR) is 86.6 cm³/mol. The molecule has 1 aromatic heterocycles. The van der Waals surface area contributed by atoms with Crippen LogP contribution in [0.25, 0.3) is 0 Å². The number of methoxy groups -OCH3 is 1. The molecule has 11 heteroatoms. The molecule has 0 saturated heterocycles. The molecule has 1 amide bonds. The second kappa shape index (κ2) is 6.95. The van der Waals surface area contributed by atoms with Crippen LogP contribution in [0.4, 0.5) is 17.2 Å². The molecule has 0 aliphatic carbocycles. The van der Waals surface area contributed by atoms with Gasteiger partial charge in [-0.1, -0.05) is 0 Å². The first-order valence-corrected chi connectivity index (χ1v) is 7.08. The molecule has 0 fully saturated rings. The maximum absolute atomic E-state index is 12.4. The number of hydrogen-bond acceptors (Lipinski definition) is 7. The van der Waals surface area contributed by atoms with Gasteiger partial charge in [0.05, 0.1) is 40.6 Å². The molecule has 0 bridgehead atoms. The number of nitrogens with one attached hydrogen (secondary N) is 1. The number of nitro groups is 2. The minimum atomic E-state index is -0.839. The van der Waals surface area contributed by atoms with Gasteiger partial charge in [0, 0.05) is 6.07 Å². The Bertz CT molecular complexity index is 846. The first kappa shape index (κ1) is 17.8. The van der Waals surface area contributed by atoms with Crippen LogP contribution in [0.2, 0.25) is 0 Å². The van der Waals surface area contributed by atoms with E-state index in [1.165, 1.54) is 43.0 Å². The van der Waals surface area contributed by atoms with Crippen molar-refractivity contribution in [2.24, 2.45) is 0 Å². The van der Waals surface area contributed by atoms with Crippen LogP contribution in [-0.2, 0) is 4.79 Å². The lowest BCUT2D eigenvalue weighted by Crippen LogP contribution is -2.25. The highest BCUT2D eigenvalue weighted by atomic mass is 16.6. The number of aryl methyl sites for hydroxylation is 1. The number of nitrogens with zero attached hydrogens (tertiary/aromatic N) is 4. The van der Waals surface area contributed by atoms with E-state index in [1.54, 1.807) is 6.92 Å². The first-order valence-electron chi connectivity index (χ1n) is 7.08. The van der Waals surface area contributed by atoms with Gasteiger partial charge in [0.15, 0.2) is 0 Å². The molecule has 0 spiro atoms. The molecular weight excluding hydrogens is 334 g/mol. The maximum atomic E-state index is 12.4. The van der Waals surface area contributed by atoms with E-state index in [0.29, 0.717) is 5.69 Å². The Morgan fingerprint density at radius 2 is 1.96 bits per heavy atom. The zero-order valence-electron chi connectivity index (χ0n) is 13.6. The Balaban J connectivity index is 2.24. The Morgan fingerprint density at radius 3 is 2.48 bits per heavy atom. The van der Waals surface area contributed by atoms with Crippen molar-refractivity contribution in [1.29, 1.82) is 0 Å². The van der Waals surface area contributed by atoms with Gasteiger partial charge >= 0.3 is 5.82 Å². The number of anilines is 1. The van der Waals surface area contributed by atoms with Gasteiger partial charge < -0.3 is 20.2 Å². The number of nitro benzene ring substituents is 1. The van der Waals surface area contributed by atoms with Crippen LogP contribution in [0.15, 0.2) is 24.3 Å². The van der Waals surface area contributed by atoms with E-state index in [9.17, 15) is 25.0 Å². The molecule has 1 heterocycles. The highest BCUT2D eigenvalue weighted by molar-refractivity contribution is 5.95. The number of benzene rings is 1. The molecule has 1 atom stereocenters. The minimum absolute atomic E-state index is 0.123. The van der Waals surface area contributed by atoms with E-state index in [0.717, 1.165) is 0 Å². The van der Waals surface area contributed by atoms with Crippen molar-refractivity contribution < 1.29 is 19.4 Å². The van der Waals surface area contributed by atoms with E-state index in [-0.39, 0.29) is 22.9 Å². The number of hydrogen-bond donors (Lipinski definition) is 1. The molecule has 2 rings (SSSR count). The van der Waals surface area contributed by atoms with Crippen LogP contribution in [0.3, 0.4) is 0 Å². The summed E-state index contributed by atoms with van der Waals surface area (Å²) in [5.41, 5.74) is 0.510. The molecule has 132 valence electrons. The van der Waals surface area contributed by atoms with Gasteiger partial charge in [-0.3, -0.25) is 14.9 Å². The number of non-ortho nitro benzene ring substituents is 1. The molecule has 1 unspecified atom stereocenters. The third-order valence-electron chi connectivity index (χ3n) is 3.50. The van der Waals surface area contributed by atoms with Crippen LogP contribution in [0, 0.1) is 27.2 Å². The lowest BCUT2D eigenvalue weighted by atomic mass is 10.2. The molecule has 2 aromatic rings. The van der Waals surface area contributed by atoms with Gasteiger partial charge in [-0.2, -0.15) is 4.68 Å². The van der Waals surface area contributed by atoms with Gasteiger partial charge in [0.2, 0.25) is 0 Å². The van der Waals surface area contributed by atoms with E-state index >= 15 is 0 Å². The quantitative estimate of drug-likeness (QED) is 0.622. The van der Waals surface area contributed by atoms with Crippen molar-refractivity contribution in [3.63, 3.8) is 0 Å². The van der Waals surface area contributed by atoms with Crippen molar-refractivity contribution in [3.05, 3.63) is 50.2 Å². The van der Waals surface area contributed by atoms with Crippen LogP contribution >= 0.6 is 0 Å². The highest BCUT2D eigenvalue weighted by Gasteiger charge is 2.25. The molecule has 0 saturated carbocycles. The van der Waals surface area contributed by atoms with E-state index in [2.05, 4.69) is 10.4 Å². The third-order valence-corrected chi connectivity index (χ3v) is 3.50. The average Bonchev–Trinajstić information content (AvgIpc) is 2.96. The number of amides is 1.